The molecular weight excluding hydrogens is 444 g/mol. The van der Waals surface area contributed by atoms with Crippen molar-refractivity contribution >= 4 is 51.1 Å². The van der Waals surface area contributed by atoms with Gasteiger partial charge in [-0.15, -0.1) is 11.3 Å². The lowest BCUT2D eigenvalue weighted by Crippen LogP contribution is -2.21. The van der Waals surface area contributed by atoms with Gasteiger partial charge in [0.15, 0.2) is 5.82 Å². The molecule has 0 saturated carbocycles. The van der Waals surface area contributed by atoms with Crippen LogP contribution in [-0.2, 0) is 17.7 Å². The molecule has 3 aromatic rings. The quantitative estimate of drug-likeness (QED) is 0.566. The second kappa shape index (κ2) is 6.08. The van der Waals surface area contributed by atoms with Crippen LogP contribution in [0.4, 0.5) is 9.18 Å². The SMILES string of the molecule is COC(=O)n1c(-c2cc3c(s2)CCNC3)nc2c(I)cc(F)cc21. The van der Waals surface area contributed by atoms with Gasteiger partial charge in [0.1, 0.15) is 11.3 Å². The van der Waals surface area contributed by atoms with E-state index in [0.717, 1.165) is 24.4 Å². The van der Waals surface area contributed by atoms with Crippen molar-refractivity contribution in [1.82, 2.24) is 14.9 Å². The van der Waals surface area contributed by atoms with Crippen molar-refractivity contribution in [2.75, 3.05) is 13.7 Å². The first kappa shape index (κ1) is 16.0. The summed E-state index contributed by atoms with van der Waals surface area (Å²) in [5, 5.41) is 3.33. The number of benzene rings is 1. The number of hydrogen-bond acceptors (Lipinski definition) is 5. The number of ether oxygens (including phenoxy) is 1. The minimum Gasteiger partial charge on any atom is -0.452 e. The molecule has 0 fully saturated rings. The zero-order valence-corrected chi connectivity index (χ0v) is 15.7. The number of nitrogens with zero attached hydrogens (tertiary/aromatic N) is 2. The van der Waals surface area contributed by atoms with Crippen molar-refractivity contribution in [3.63, 3.8) is 0 Å². The van der Waals surface area contributed by atoms with Crippen molar-refractivity contribution in [2.24, 2.45) is 0 Å². The van der Waals surface area contributed by atoms with E-state index >= 15 is 0 Å². The number of aromatic nitrogens is 2. The highest BCUT2D eigenvalue weighted by Crippen LogP contribution is 2.35. The summed E-state index contributed by atoms with van der Waals surface area (Å²) < 4.78 is 20.8. The Morgan fingerprint density at radius 2 is 2.29 bits per heavy atom. The van der Waals surface area contributed by atoms with Gasteiger partial charge in [0.2, 0.25) is 0 Å². The van der Waals surface area contributed by atoms with E-state index in [1.807, 2.05) is 22.6 Å². The van der Waals surface area contributed by atoms with Crippen LogP contribution >= 0.6 is 33.9 Å². The molecule has 24 heavy (non-hydrogen) atoms. The summed E-state index contributed by atoms with van der Waals surface area (Å²) in [6.45, 7) is 1.76. The molecule has 4 rings (SSSR count). The minimum absolute atomic E-state index is 0.404. The minimum atomic E-state index is -0.571. The van der Waals surface area contributed by atoms with Gasteiger partial charge in [-0.05, 0) is 46.7 Å². The molecule has 0 atom stereocenters. The Labute approximate surface area is 155 Å². The maximum atomic E-state index is 13.8. The van der Waals surface area contributed by atoms with Crippen LogP contribution in [0.15, 0.2) is 18.2 Å². The first-order valence-electron chi connectivity index (χ1n) is 7.37. The van der Waals surface area contributed by atoms with Crippen molar-refractivity contribution in [3.05, 3.63) is 38.0 Å². The van der Waals surface area contributed by atoms with Crippen LogP contribution in [0.25, 0.3) is 21.7 Å². The molecule has 5 nitrogen and oxygen atoms in total. The highest BCUT2D eigenvalue weighted by molar-refractivity contribution is 14.1. The normalized spacial score (nSPS) is 14.0. The molecule has 3 heterocycles. The molecule has 1 aliphatic heterocycles. The number of thiophene rings is 1. The molecule has 0 radical (unpaired) electrons. The van der Waals surface area contributed by atoms with Crippen LogP contribution in [0.1, 0.15) is 10.4 Å². The first-order chi connectivity index (χ1) is 11.6. The summed E-state index contributed by atoms with van der Waals surface area (Å²) in [5.74, 6) is 0.0953. The highest BCUT2D eigenvalue weighted by atomic mass is 127. The van der Waals surface area contributed by atoms with Gasteiger partial charge >= 0.3 is 6.09 Å². The fraction of sp³-hybridized carbons (Fsp3) is 0.250. The van der Waals surface area contributed by atoms with E-state index < -0.39 is 11.9 Å². The zero-order chi connectivity index (χ0) is 16.8. The summed E-state index contributed by atoms with van der Waals surface area (Å²) in [5.41, 5.74) is 2.25. The van der Waals surface area contributed by atoms with Crippen LogP contribution in [-0.4, -0.2) is 29.3 Å². The van der Waals surface area contributed by atoms with Crippen LogP contribution in [0.3, 0.4) is 0 Å². The van der Waals surface area contributed by atoms with Crippen molar-refractivity contribution in [1.29, 1.82) is 0 Å². The number of nitrogens with one attached hydrogen (secondary N) is 1. The molecule has 0 bridgehead atoms. The highest BCUT2D eigenvalue weighted by Gasteiger charge is 2.24. The van der Waals surface area contributed by atoms with Gasteiger partial charge in [-0.2, -0.15) is 0 Å². The molecule has 1 aliphatic rings. The van der Waals surface area contributed by atoms with Gasteiger partial charge in [-0.1, -0.05) is 0 Å². The van der Waals surface area contributed by atoms with Crippen molar-refractivity contribution < 1.29 is 13.9 Å². The zero-order valence-electron chi connectivity index (χ0n) is 12.7. The number of methoxy groups -OCH3 is 1. The maximum Gasteiger partial charge on any atom is 0.420 e. The third-order valence-corrected chi connectivity index (χ3v) is 6.05. The fourth-order valence-corrected chi connectivity index (χ4v) is 4.76. The van der Waals surface area contributed by atoms with Crippen LogP contribution in [0.5, 0.6) is 0 Å². The molecule has 1 N–H and O–H groups in total. The topological polar surface area (TPSA) is 56.1 Å². The second-order valence-corrected chi connectivity index (χ2v) is 7.78. The summed E-state index contributed by atoms with van der Waals surface area (Å²) >= 11 is 3.66. The summed E-state index contributed by atoms with van der Waals surface area (Å²) in [6.07, 6.45) is 0.392. The number of carbonyl (C=O) groups is 1. The molecule has 0 amide bonds. The van der Waals surface area contributed by atoms with E-state index in [-0.39, 0.29) is 0 Å². The molecule has 0 spiro atoms. The molecular formula is C16H13FIN3O2S. The third-order valence-electron chi connectivity index (χ3n) is 4.00. The molecule has 1 aromatic carbocycles. The molecule has 2 aromatic heterocycles. The van der Waals surface area contributed by atoms with Gasteiger partial charge in [0.25, 0.3) is 0 Å². The standard InChI is InChI=1S/C16H13FIN3O2S/c1-23-16(22)21-11-6-9(17)5-10(18)14(11)20-15(21)13-4-8-7-19-3-2-12(8)24-13/h4-6,19H,2-3,7H2,1H3. The molecule has 8 heteroatoms. The van der Waals surface area contributed by atoms with Gasteiger partial charge < -0.3 is 10.1 Å². The summed E-state index contributed by atoms with van der Waals surface area (Å²) in [7, 11) is 1.31. The Bertz CT molecular complexity index is 943. The van der Waals surface area contributed by atoms with E-state index in [1.165, 1.54) is 34.3 Å². The lowest BCUT2D eigenvalue weighted by atomic mass is 10.1. The monoisotopic (exact) mass is 457 g/mol. The predicted octanol–water partition coefficient (Wildman–Crippen LogP) is 3.77. The molecule has 0 saturated heterocycles. The van der Waals surface area contributed by atoms with Crippen LogP contribution in [0.2, 0.25) is 0 Å². The van der Waals surface area contributed by atoms with Crippen molar-refractivity contribution in [3.8, 4) is 10.7 Å². The number of hydrogen-bond donors (Lipinski definition) is 1. The second-order valence-electron chi connectivity index (χ2n) is 5.48. The summed E-state index contributed by atoms with van der Waals surface area (Å²) in [6, 6.07) is 4.78. The van der Waals surface area contributed by atoms with Gasteiger partial charge in [-0.3, -0.25) is 0 Å². The molecule has 124 valence electrons. The average molecular weight is 457 g/mol. The largest absolute Gasteiger partial charge is 0.452 e. The summed E-state index contributed by atoms with van der Waals surface area (Å²) in [4.78, 5) is 19.1. The number of imidazole rings is 1. The third kappa shape index (κ3) is 2.52. The smallest absolute Gasteiger partial charge is 0.420 e. The Morgan fingerprint density at radius 1 is 1.46 bits per heavy atom. The van der Waals surface area contributed by atoms with Gasteiger partial charge in [0.05, 0.1) is 17.5 Å². The average Bonchev–Trinajstić information content (AvgIpc) is 3.15. The van der Waals surface area contributed by atoms with Crippen molar-refractivity contribution in [2.45, 2.75) is 13.0 Å². The van der Waals surface area contributed by atoms with E-state index in [9.17, 15) is 9.18 Å². The van der Waals surface area contributed by atoms with E-state index in [2.05, 4.69) is 16.4 Å². The fourth-order valence-electron chi connectivity index (χ4n) is 2.91. The number of carbonyl (C=O) groups excluding carboxylic acids is 1. The Balaban J connectivity index is 1.99. The molecule has 0 aliphatic carbocycles. The lowest BCUT2D eigenvalue weighted by molar-refractivity contribution is 0.174. The van der Waals surface area contributed by atoms with Gasteiger partial charge in [-0.25, -0.2) is 18.7 Å². The lowest BCUT2D eigenvalue weighted by Gasteiger charge is -2.10. The Morgan fingerprint density at radius 3 is 3.04 bits per heavy atom. The number of halogens is 2. The number of fused-ring (bicyclic) bond motifs is 2. The first-order valence-corrected chi connectivity index (χ1v) is 9.26. The van der Waals surface area contributed by atoms with Crippen LogP contribution < -0.4 is 5.32 Å². The Kier molecular flexibility index (Phi) is 4.05. The van der Waals surface area contributed by atoms with E-state index in [1.54, 1.807) is 11.3 Å². The Hall–Kier alpha value is -1.52. The van der Waals surface area contributed by atoms with E-state index in [0.29, 0.717) is 20.4 Å². The van der Waals surface area contributed by atoms with Gasteiger partial charge in [0, 0.05) is 27.6 Å². The number of rotatable bonds is 1. The van der Waals surface area contributed by atoms with Crippen LogP contribution in [0, 0.1) is 9.39 Å². The molecule has 0 unspecified atom stereocenters. The van der Waals surface area contributed by atoms with E-state index in [4.69, 9.17) is 4.74 Å². The predicted molar refractivity (Wildman–Crippen MR) is 98.9 cm³/mol. The maximum absolute atomic E-state index is 13.8.